The number of aryl methyl sites for hydroxylation is 1. The number of aromatic nitrogens is 3. The van der Waals surface area contributed by atoms with Gasteiger partial charge >= 0.3 is 0 Å². The van der Waals surface area contributed by atoms with E-state index in [1.165, 1.54) is 4.68 Å². The number of nitrogens with one attached hydrogen (secondary N) is 1. The molecule has 0 spiro atoms. The fourth-order valence-corrected chi connectivity index (χ4v) is 2.39. The topological polar surface area (TPSA) is 74.5 Å². The Hall–Kier alpha value is -3.13. The maximum atomic E-state index is 12.6. The first-order valence-electron chi connectivity index (χ1n) is 6.90. The number of nitriles is 1. The van der Waals surface area contributed by atoms with Crippen molar-refractivity contribution in [2.24, 2.45) is 0 Å². The van der Waals surface area contributed by atoms with E-state index >= 15 is 0 Å². The van der Waals surface area contributed by atoms with Crippen molar-refractivity contribution in [3.05, 3.63) is 81.4 Å². The highest BCUT2D eigenvalue weighted by atomic mass is 16.1. The van der Waals surface area contributed by atoms with Crippen LogP contribution in [0.25, 0.3) is 5.82 Å². The molecule has 0 unspecified atom stereocenters. The third-order valence-electron chi connectivity index (χ3n) is 3.51. The molecule has 1 N–H and O–H groups in total. The fraction of sp³-hybridized carbons (Fsp3) is 0.118. The van der Waals surface area contributed by atoms with Gasteiger partial charge in [0.2, 0.25) is 0 Å². The molecule has 0 atom stereocenters. The zero-order valence-corrected chi connectivity index (χ0v) is 12.1. The molecule has 0 amide bonds. The second-order valence-electron chi connectivity index (χ2n) is 5.03. The predicted molar refractivity (Wildman–Crippen MR) is 82.9 cm³/mol. The summed E-state index contributed by atoms with van der Waals surface area (Å²) >= 11 is 0. The van der Waals surface area contributed by atoms with Gasteiger partial charge in [-0.25, -0.2) is 9.67 Å². The molecule has 0 radical (unpaired) electrons. The summed E-state index contributed by atoms with van der Waals surface area (Å²) < 4.78 is 1.44. The largest absolute Gasteiger partial charge is 0.294 e. The lowest BCUT2D eigenvalue weighted by Crippen LogP contribution is -2.18. The number of hydrogen-bond acceptors (Lipinski definition) is 3. The number of nitrogens with zero attached hydrogens (tertiary/aromatic N) is 3. The molecule has 0 saturated heterocycles. The molecule has 0 aliphatic rings. The van der Waals surface area contributed by atoms with E-state index in [9.17, 15) is 4.79 Å². The van der Waals surface area contributed by atoms with E-state index in [0.29, 0.717) is 23.4 Å². The summed E-state index contributed by atoms with van der Waals surface area (Å²) in [5.41, 5.74) is 2.90. The molecule has 5 heteroatoms. The van der Waals surface area contributed by atoms with E-state index in [0.717, 1.165) is 11.3 Å². The zero-order chi connectivity index (χ0) is 15.5. The van der Waals surface area contributed by atoms with Gasteiger partial charge in [0.15, 0.2) is 5.82 Å². The molecule has 1 aromatic carbocycles. The van der Waals surface area contributed by atoms with Crippen LogP contribution in [0.3, 0.4) is 0 Å². The Kier molecular flexibility index (Phi) is 3.58. The first-order chi connectivity index (χ1) is 10.7. The van der Waals surface area contributed by atoms with Crippen LogP contribution in [0.5, 0.6) is 0 Å². The Morgan fingerprint density at radius 1 is 1.27 bits per heavy atom. The molecule has 2 aromatic heterocycles. The van der Waals surface area contributed by atoms with Crippen molar-refractivity contribution in [1.82, 2.24) is 14.8 Å². The summed E-state index contributed by atoms with van der Waals surface area (Å²) in [4.78, 5) is 16.8. The normalized spacial score (nSPS) is 10.4. The highest BCUT2D eigenvalue weighted by Gasteiger charge is 2.13. The number of hydrogen-bond donors (Lipinski definition) is 1. The lowest BCUT2D eigenvalue weighted by atomic mass is 10.0. The van der Waals surface area contributed by atoms with Gasteiger partial charge in [-0.3, -0.25) is 9.89 Å². The van der Waals surface area contributed by atoms with Gasteiger partial charge in [0.25, 0.3) is 5.56 Å². The average molecular weight is 290 g/mol. The minimum atomic E-state index is -0.112. The second-order valence-corrected chi connectivity index (χ2v) is 5.03. The average Bonchev–Trinajstić information content (AvgIpc) is 2.84. The van der Waals surface area contributed by atoms with Gasteiger partial charge in [0.05, 0.1) is 11.6 Å². The van der Waals surface area contributed by atoms with Crippen LogP contribution < -0.4 is 5.56 Å². The molecular weight excluding hydrogens is 276 g/mol. The van der Waals surface area contributed by atoms with Crippen LogP contribution in [-0.2, 0) is 6.42 Å². The standard InChI is InChI=1S/C17H14N4O/c1-12-15(10-13-5-4-6-14(9-13)11-18)17(22)21(20-12)16-7-2-3-8-19-16/h2-9,20H,10H2,1H3. The minimum Gasteiger partial charge on any atom is -0.294 e. The maximum absolute atomic E-state index is 12.6. The number of rotatable bonds is 3. The fourth-order valence-electron chi connectivity index (χ4n) is 2.39. The van der Waals surface area contributed by atoms with Crippen LogP contribution in [-0.4, -0.2) is 14.8 Å². The van der Waals surface area contributed by atoms with E-state index in [4.69, 9.17) is 5.26 Å². The van der Waals surface area contributed by atoms with Gasteiger partial charge in [-0.1, -0.05) is 18.2 Å². The summed E-state index contributed by atoms with van der Waals surface area (Å²) in [5.74, 6) is 0.563. The summed E-state index contributed by atoms with van der Waals surface area (Å²) in [5, 5.41) is 12.0. The van der Waals surface area contributed by atoms with E-state index in [1.807, 2.05) is 25.1 Å². The molecule has 0 bridgehead atoms. The van der Waals surface area contributed by atoms with E-state index in [-0.39, 0.29) is 5.56 Å². The quantitative estimate of drug-likeness (QED) is 0.804. The molecular formula is C17H14N4O. The van der Waals surface area contributed by atoms with Gasteiger partial charge in [0, 0.05) is 23.9 Å². The predicted octanol–water partition coefficient (Wildman–Crippen LogP) is 2.33. The Bertz CT molecular complexity index is 900. The van der Waals surface area contributed by atoms with Gasteiger partial charge in [0.1, 0.15) is 0 Å². The van der Waals surface area contributed by atoms with Crippen molar-refractivity contribution in [1.29, 1.82) is 5.26 Å². The molecule has 2 heterocycles. The van der Waals surface area contributed by atoms with Crippen molar-refractivity contribution in [2.45, 2.75) is 13.3 Å². The zero-order valence-electron chi connectivity index (χ0n) is 12.1. The Labute approximate surface area is 127 Å². The van der Waals surface area contributed by atoms with Crippen molar-refractivity contribution in [3.63, 3.8) is 0 Å². The molecule has 0 aliphatic heterocycles. The summed E-state index contributed by atoms with van der Waals surface area (Å²) in [7, 11) is 0. The number of benzene rings is 1. The lowest BCUT2D eigenvalue weighted by Gasteiger charge is -2.00. The monoisotopic (exact) mass is 290 g/mol. The highest BCUT2D eigenvalue weighted by Crippen LogP contribution is 2.12. The number of aromatic amines is 1. The van der Waals surface area contributed by atoms with Crippen LogP contribution in [0, 0.1) is 18.3 Å². The second kappa shape index (κ2) is 5.70. The molecule has 3 aromatic rings. The molecule has 108 valence electrons. The summed E-state index contributed by atoms with van der Waals surface area (Å²) in [6.07, 6.45) is 2.13. The number of pyridine rings is 1. The first kappa shape index (κ1) is 13.8. The van der Waals surface area contributed by atoms with E-state index < -0.39 is 0 Å². The van der Waals surface area contributed by atoms with Crippen molar-refractivity contribution >= 4 is 0 Å². The van der Waals surface area contributed by atoms with Crippen LogP contribution in [0.4, 0.5) is 0 Å². The van der Waals surface area contributed by atoms with Gasteiger partial charge < -0.3 is 0 Å². The van der Waals surface area contributed by atoms with Crippen molar-refractivity contribution in [2.75, 3.05) is 0 Å². The SMILES string of the molecule is Cc1[nH]n(-c2ccccn2)c(=O)c1Cc1cccc(C#N)c1. The van der Waals surface area contributed by atoms with Gasteiger partial charge in [-0.2, -0.15) is 5.26 Å². The van der Waals surface area contributed by atoms with Crippen molar-refractivity contribution < 1.29 is 0 Å². The maximum Gasteiger partial charge on any atom is 0.276 e. The Morgan fingerprint density at radius 2 is 2.14 bits per heavy atom. The summed E-state index contributed by atoms with van der Waals surface area (Å²) in [6.45, 7) is 1.87. The molecule has 0 saturated carbocycles. The van der Waals surface area contributed by atoms with Crippen LogP contribution in [0.15, 0.2) is 53.5 Å². The molecule has 0 aliphatic carbocycles. The molecule has 0 fully saturated rings. The number of H-pyrrole nitrogens is 1. The van der Waals surface area contributed by atoms with Gasteiger partial charge in [-0.15, -0.1) is 0 Å². The lowest BCUT2D eigenvalue weighted by molar-refractivity contribution is 0.806. The Balaban J connectivity index is 2.01. The molecule has 22 heavy (non-hydrogen) atoms. The smallest absolute Gasteiger partial charge is 0.276 e. The van der Waals surface area contributed by atoms with E-state index in [1.54, 1.807) is 30.5 Å². The van der Waals surface area contributed by atoms with Crippen LogP contribution in [0.1, 0.15) is 22.4 Å². The molecule has 5 nitrogen and oxygen atoms in total. The van der Waals surface area contributed by atoms with Crippen LogP contribution in [0.2, 0.25) is 0 Å². The van der Waals surface area contributed by atoms with Crippen molar-refractivity contribution in [3.8, 4) is 11.9 Å². The third kappa shape index (κ3) is 2.54. The highest BCUT2D eigenvalue weighted by molar-refractivity contribution is 5.36. The third-order valence-corrected chi connectivity index (χ3v) is 3.51. The summed E-state index contributed by atoms with van der Waals surface area (Å²) in [6, 6.07) is 14.8. The van der Waals surface area contributed by atoms with Gasteiger partial charge in [-0.05, 0) is 36.8 Å². The first-order valence-corrected chi connectivity index (χ1v) is 6.90. The molecule has 3 rings (SSSR count). The Morgan fingerprint density at radius 3 is 2.86 bits per heavy atom. The van der Waals surface area contributed by atoms with E-state index in [2.05, 4.69) is 16.2 Å². The minimum absolute atomic E-state index is 0.112. The van der Waals surface area contributed by atoms with Crippen LogP contribution >= 0.6 is 0 Å².